The Morgan fingerprint density at radius 3 is 2.56 bits per heavy atom. The fourth-order valence-corrected chi connectivity index (χ4v) is 5.63. The molecule has 39 heavy (non-hydrogen) atoms. The number of nitrogens with zero attached hydrogens (tertiary/aromatic N) is 4. The molecule has 3 aromatic rings. The molecule has 3 heterocycles. The maximum absolute atomic E-state index is 15.5. The third kappa shape index (κ3) is 5.36. The number of H-pyrrole nitrogens is 1. The Hall–Kier alpha value is -3.84. The first-order chi connectivity index (χ1) is 18.6. The van der Waals surface area contributed by atoms with Gasteiger partial charge in [-0.05, 0) is 56.7 Å². The average Bonchev–Trinajstić information content (AvgIpc) is 3.54. The van der Waals surface area contributed by atoms with Crippen LogP contribution in [0, 0.1) is 11.6 Å². The number of benzene rings is 1. The number of aromatic amines is 1. The number of aliphatic imine (C=N–C) groups is 1. The van der Waals surface area contributed by atoms with Gasteiger partial charge in [-0.25, -0.2) is 28.1 Å². The number of carbonyl (C=O) groups excluding carboxylic acids is 1. The zero-order chi connectivity index (χ0) is 27.9. The molecule has 2 aromatic heterocycles. The summed E-state index contributed by atoms with van der Waals surface area (Å²) in [5.74, 6) is -2.27. The van der Waals surface area contributed by atoms with Crippen LogP contribution < -0.4 is 4.72 Å². The number of allylic oxidation sites excluding steroid dienone is 1. The highest BCUT2D eigenvalue weighted by Crippen LogP contribution is 2.38. The number of ketones is 1. The summed E-state index contributed by atoms with van der Waals surface area (Å²) in [6, 6.07) is 1.65. The topological polar surface area (TPSA) is 120 Å². The van der Waals surface area contributed by atoms with E-state index in [2.05, 4.69) is 26.7 Å². The second kappa shape index (κ2) is 10.4. The van der Waals surface area contributed by atoms with Gasteiger partial charge in [0.25, 0.3) is 0 Å². The van der Waals surface area contributed by atoms with Gasteiger partial charge in [0.15, 0.2) is 5.82 Å². The molecular formula is C26H25F3N6O3S. The van der Waals surface area contributed by atoms with Crippen molar-refractivity contribution in [2.45, 2.75) is 38.3 Å². The van der Waals surface area contributed by atoms with Crippen molar-refractivity contribution in [3.8, 4) is 0 Å². The number of halogens is 3. The highest BCUT2D eigenvalue weighted by atomic mass is 32.2. The summed E-state index contributed by atoms with van der Waals surface area (Å²) in [5, 5.41) is 0. The predicted octanol–water partition coefficient (Wildman–Crippen LogP) is 4.78. The van der Waals surface area contributed by atoms with Crippen molar-refractivity contribution < 1.29 is 26.4 Å². The summed E-state index contributed by atoms with van der Waals surface area (Å²) >= 11 is 0. The summed E-state index contributed by atoms with van der Waals surface area (Å²) in [6.07, 6.45) is 6.98. The Bertz CT molecular complexity index is 1580. The lowest BCUT2D eigenvalue weighted by atomic mass is 9.98. The quantitative estimate of drug-likeness (QED) is 0.289. The molecule has 1 aromatic carbocycles. The first-order valence-corrected chi connectivity index (χ1v) is 13.7. The maximum atomic E-state index is 15.5. The first-order valence-electron chi connectivity index (χ1n) is 12.2. The van der Waals surface area contributed by atoms with Crippen molar-refractivity contribution in [2.75, 3.05) is 17.8 Å². The van der Waals surface area contributed by atoms with E-state index in [1.54, 1.807) is 25.4 Å². The summed E-state index contributed by atoms with van der Waals surface area (Å²) in [4.78, 5) is 28.9. The van der Waals surface area contributed by atoms with Crippen LogP contribution in [0.1, 0.15) is 65.0 Å². The lowest BCUT2D eigenvalue weighted by Gasteiger charge is -2.18. The van der Waals surface area contributed by atoms with Crippen LogP contribution in [-0.2, 0) is 10.2 Å². The molecule has 1 atom stereocenters. The van der Waals surface area contributed by atoms with Crippen LogP contribution in [0.3, 0.4) is 0 Å². The monoisotopic (exact) mass is 558 g/mol. The summed E-state index contributed by atoms with van der Waals surface area (Å²) in [7, 11) is -4.33. The van der Waals surface area contributed by atoms with E-state index in [4.69, 9.17) is 0 Å². The van der Waals surface area contributed by atoms with Crippen LogP contribution >= 0.6 is 0 Å². The van der Waals surface area contributed by atoms with E-state index in [1.165, 1.54) is 6.20 Å². The molecule has 1 saturated heterocycles. The molecule has 0 radical (unpaired) electrons. The number of carbonyl (C=O) groups is 1. The molecule has 13 heteroatoms. The molecule has 2 N–H and O–H groups in total. The van der Waals surface area contributed by atoms with Gasteiger partial charge in [-0.2, -0.15) is 12.7 Å². The molecule has 1 aliphatic carbocycles. The van der Waals surface area contributed by atoms with E-state index >= 15 is 4.39 Å². The highest BCUT2D eigenvalue weighted by Gasteiger charge is 2.33. The van der Waals surface area contributed by atoms with Gasteiger partial charge in [0.05, 0.1) is 11.3 Å². The van der Waals surface area contributed by atoms with Gasteiger partial charge in [0, 0.05) is 54.3 Å². The molecule has 0 bridgehead atoms. The molecule has 1 aliphatic heterocycles. The number of alkyl halides is 1. The predicted molar refractivity (Wildman–Crippen MR) is 141 cm³/mol. The van der Waals surface area contributed by atoms with Gasteiger partial charge < -0.3 is 4.98 Å². The number of rotatable bonds is 9. The van der Waals surface area contributed by atoms with Gasteiger partial charge in [0.2, 0.25) is 5.78 Å². The molecule has 1 saturated carbocycles. The Balaban J connectivity index is 1.48. The number of nitrogens with one attached hydrogen (secondary N) is 2. The molecule has 0 unspecified atom stereocenters. The normalized spacial score (nSPS) is 18.4. The highest BCUT2D eigenvalue weighted by molar-refractivity contribution is 7.90. The number of hydrogen-bond acceptors (Lipinski definition) is 6. The van der Waals surface area contributed by atoms with Gasteiger partial charge in [0.1, 0.15) is 23.6 Å². The largest absolute Gasteiger partial charge is 0.345 e. The Morgan fingerprint density at radius 2 is 1.95 bits per heavy atom. The van der Waals surface area contributed by atoms with E-state index in [1.807, 2.05) is 4.72 Å². The zero-order valence-electron chi connectivity index (χ0n) is 20.9. The number of anilines is 1. The van der Waals surface area contributed by atoms with E-state index < -0.39 is 45.0 Å². The van der Waals surface area contributed by atoms with Crippen LogP contribution in [0.5, 0.6) is 0 Å². The fraction of sp³-hybridized carbons (Fsp3) is 0.308. The number of hydrogen-bond donors (Lipinski definition) is 2. The average molecular weight is 559 g/mol. The summed E-state index contributed by atoms with van der Waals surface area (Å²) < 4.78 is 71.9. The molecule has 5 rings (SSSR count). The van der Waals surface area contributed by atoms with E-state index in [0.717, 1.165) is 35.1 Å². The molecule has 2 aliphatic rings. The molecule has 204 valence electrons. The lowest BCUT2D eigenvalue weighted by molar-refractivity contribution is 0.103. The van der Waals surface area contributed by atoms with Crippen molar-refractivity contribution >= 4 is 45.9 Å². The minimum atomic E-state index is -4.33. The van der Waals surface area contributed by atoms with Crippen LogP contribution in [0.25, 0.3) is 11.6 Å². The van der Waals surface area contributed by atoms with Crippen LogP contribution in [0.4, 0.5) is 24.7 Å². The van der Waals surface area contributed by atoms with Crippen LogP contribution in [0.15, 0.2) is 35.7 Å². The van der Waals surface area contributed by atoms with Crippen molar-refractivity contribution in [2.24, 2.45) is 4.99 Å². The van der Waals surface area contributed by atoms with Crippen molar-refractivity contribution in [1.29, 1.82) is 0 Å². The van der Waals surface area contributed by atoms with Gasteiger partial charge in [-0.15, -0.1) is 0 Å². The molecular weight excluding hydrogens is 533 g/mol. The molecule has 9 nitrogen and oxygen atoms in total. The number of aromatic nitrogens is 3. The van der Waals surface area contributed by atoms with Gasteiger partial charge in [-0.1, -0.05) is 0 Å². The second-order valence-corrected chi connectivity index (χ2v) is 11.2. The molecule has 2 fully saturated rings. The van der Waals surface area contributed by atoms with Crippen molar-refractivity contribution in [3.05, 3.63) is 70.4 Å². The Kier molecular flexibility index (Phi) is 7.12. The Morgan fingerprint density at radius 1 is 1.23 bits per heavy atom. The second-order valence-electron chi connectivity index (χ2n) is 9.52. The van der Waals surface area contributed by atoms with Crippen LogP contribution in [0.2, 0.25) is 0 Å². The van der Waals surface area contributed by atoms with E-state index in [0.29, 0.717) is 17.1 Å². The summed E-state index contributed by atoms with van der Waals surface area (Å²) in [6.45, 7) is 4.78. The lowest BCUT2D eigenvalue weighted by Crippen LogP contribution is -2.34. The molecule has 0 amide bonds. The minimum absolute atomic E-state index is 0.0101. The summed E-state index contributed by atoms with van der Waals surface area (Å²) in [5.41, 5.74) is -0.130. The molecule has 0 spiro atoms. The minimum Gasteiger partial charge on any atom is -0.345 e. The smallest absolute Gasteiger partial charge is 0.301 e. The van der Waals surface area contributed by atoms with Crippen molar-refractivity contribution in [1.82, 2.24) is 19.3 Å². The standard InChI is InChI=1S/C26H25F3N6O3S/c1-14(16-10-31-25(32-11-16)15-3-4-15)9-18-19(12-33-26(18)30-2)24(36)22-20(28)5-6-21(23(22)29)34-39(37,38)35-8-7-17(27)13-35/h5-6,9-12,15,17,33-34H,2-4,7-8,13H2,1H3/b14-9+/t17-/m0/s1. The van der Waals surface area contributed by atoms with Gasteiger partial charge in [-0.3, -0.25) is 9.52 Å². The van der Waals surface area contributed by atoms with Gasteiger partial charge >= 0.3 is 10.2 Å². The fourth-order valence-electron chi connectivity index (χ4n) is 4.37. The van der Waals surface area contributed by atoms with Crippen LogP contribution in [-0.4, -0.2) is 59.4 Å². The third-order valence-corrected chi connectivity index (χ3v) is 8.21. The third-order valence-electron chi connectivity index (χ3n) is 6.72. The zero-order valence-corrected chi connectivity index (χ0v) is 21.7. The SMILES string of the molecule is C=Nc1[nH]cc(C(=O)c2c(F)ccc(NS(=O)(=O)N3CC[C@H](F)C3)c2F)c1/C=C(\C)c1cnc(C2CC2)nc1. The van der Waals surface area contributed by atoms with E-state index in [9.17, 15) is 22.0 Å². The van der Waals surface area contributed by atoms with Crippen molar-refractivity contribution in [3.63, 3.8) is 0 Å². The first kappa shape index (κ1) is 26.8. The maximum Gasteiger partial charge on any atom is 0.301 e. The Labute approximate surface area is 223 Å². The van der Waals surface area contributed by atoms with E-state index in [-0.39, 0.29) is 36.5 Å².